The first-order chi connectivity index (χ1) is 7.33. The highest BCUT2D eigenvalue weighted by molar-refractivity contribution is 5.87. The molecule has 2 fully saturated rings. The van der Waals surface area contributed by atoms with E-state index in [0.717, 1.165) is 6.54 Å². The molecular weight excluding hydrogens is 200 g/mol. The second kappa shape index (κ2) is 3.73. The van der Waals surface area contributed by atoms with Gasteiger partial charge < -0.3 is 5.32 Å². The fraction of sp³-hybridized carbons (Fsp3) is 0.923. The summed E-state index contributed by atoms with van der Waals surface area (Å²) in [4.78, 5) is 14.6. The summed E-state index contributed by atoms with van der Waals surface area (Å²) in [6, 6.07) is 0.611. The van der Waals surface area contributed by atoms with E-state index in [1.54, 1.807) is 0 Å². The molecule has 1 amide bonds. The van der Waals surface area contributed by atoms with Gasteiger partial charge >= 0.3 is 0 Å². The van der Waals surface area contributed by atoms with E-state index < -0.39 is 0 Å². The third-order valence-corrected chi connectivity index (χ3v) is 4.06. The van der Waals surface area contributed by atoms with Gasteiger partial charge in [-0.3, -0.25) is 9.69 Å². The van der Waals surface area contributed by atoms with Crippen molar-refractivity contribution in [3.8, 4) is 0 Å². The van der Waals surface area contributed by atoms with E-state index in [2.05, 4.69) is 37.9 Å². The molecule has 2 rings (SSSR count). The first-order valence-corrected chi connectivity index (χ1v) is 6.42. The Bertz CT molecular complexity index is 290. The molecule has 3 nitrogen and oxygen atoms in total. The fourth-order valence-electron chi connectivity index (χ4n) is 3.06. The maximum Gasteiger partial charge on any atom is 0.240 e. The monoisotopic (exact) mass is 224 g/mol. The second-order valence-corrected chi connectivity index (χ2v) is 6.46. The summed E-state index contributed by atoms with van der Waals surface area (Å²) in [5.41, 5.74) is -0.431. The minimum absolute atomic E-state index is 0.0881. The number of piperazine rings is 1. The van der Waals surface area contributed by atoms with Crippen LogP contribution in [0, 0.1) is 0 Å². The lowest BCUT2D eigenvalue weighted by atomic mass is 9.88. The van der Waals surface area contributed by atoms with Crippen LogP contribution in [-0.4, -0.2) is 34.5 Å². The molecule has 0 atom stereocenters. The van der Waals surface area contributed by atoms with E-state index in [9.17, 15) is 4.79 Å². The molecule has 1 saturated carbocycles. The summed E-state index contributed by atoms with van der Waals surface area (Å²) < 4.78 is 0. The Balaban J connectivity index is 2.22. The van der Waals surface area contributed by atoms with Crippen LogP contribution >= 0.6 is 0 Å². The van der Waals surface area contributed by atoms with Crippen LogP contribution in [0.25, 0.3) is 0 Å². The van der Waals surface area contributed by atoms with E-state index >= 15 is 0 Å². The van der Waals surface area contributed by atoms with Gasteiger partial charge in [-0.15, -0.1) is 0 Å². The van der Waals surface area contributed by atoms with Gasteiger partial charge in [0.05, 0.1) is 5.54 Å². The summed E-state index contributed by atoms with van der Waals surface area (Å²) in [5, 5.41) is 3.12. The molecule has 0 aromatic rings. The lowest BCUT2D eigenvalue weighted by Crippen LogP contribution is -2.70. The Morgan fingerprint density at radius 3 is 2.31 bits per heavy atom. The number of carbonyl (C=O) groups is 1. The summed E-state index contributed by atoms with van der Waals surface area (Å²) in [6.45, 7) is 9.30. The average molecular weight is 224 g/mol. The molecule has 0 spiro atoms. The molecule has 1 saturated heterocycles. The fourth-order valence-corrected chi connectivity index (χ4v) is 3.06. The van der Waals surface area contributed by atoms with Gasteiger partial charge in [-0.05, 0) is 40.5 Å². The Labute approximate surface area is 98.6 Å². The predicted octanol–water partition coefficient (Wildman–Crippen LogP) is 1.92. The van der Waals surface area contributed by atoms with Crippen molar-refractivity contribution >= 4 is 5.91 Å². The Morgan fingerprint density at radius 1 is 1.19 bits per heavy atom. The molecular formula is C13H24N2O. The molecule has 1 aliphatic heterocycles. The molecule has 92 valence electrons. The quantitative estimate of drug-likeness (QED) is 0.738. The summed E-state index contributed by atoms with van der Waals surface area (Å²) >= 11 is 0. The highest BCUT2D eigenvalue weighted by Crippen LogP contribution is 2.33. The van der Waals surface area contributed by atoms with Gasteiger partial charge in [0.25, 0.3) is 0 Å². The maximum atomic E-state index is 12.1. The van der Waals surface area contributed by atoms with Crippen molar-refractivity contribution in [1.82, 2.24) is 10.2 Å². The first-order valence-electron chi connectivity index (χ1n) is 6.42. The minimum Gasteiger partial charge on any atom is -0.348 e. The van der Waals surface area contributed by atoms with Crippen LogP contribution in [-0.2, 0) is 4.79 Å². The second-order valence-electron chi connectivity index (χ2n) is 6.46. The van der Waals surface area contributed by atoms with Crippen LogP contribution in [0.5, 0.6) is 0 Å². The number of hydrogen-bond acceptors (Lipinski definition) is 2. The van der Waals surface area contributed by atoms with Crippen molar-refractivity contribution in [2.45, 2.75) is 70.5 Å². The molecule has 3 heteroatoms. The Kier molecular flexibility index (Phi) is 2.77. The maximum absolute atomic E-state index is 12.1. The number of rotatable bonds is 1. The lowest BCUT2D eigenvalue weighted by Gasteiger charge is -2.51. The van der Waals surface area contributed by atoms with Gasteiger partial charge in [-0.1, -0.05) is 12.8 Å². The largest absolute Gasteiger partial charge is 0.348 e. The third-order valence-electron chi connectivity index (χ3n) is 4.06. The molecule has 1 N–H and O–H groups in total. The van der Waals surface area contributed by atoms with E-state index in [1.807, 2.05) is 0 Å². The minimum atomic E-state index is -0.343. The van der Waals surface area contributed by atoms with E-state index in [0.29, 0.717) is 6.04 Å². The normalized spacial score (nSPS) is 30.4. The zero-order chi connectivity index (χ0) is 12.0. The smallest absolute Gasteiger partial charge is 0.240 e. The lowest BCUT2D eigenvalue weighted by molar-refractivity contribution is -0.142. The molecule has 16 heavy (non-hydrogen) atoms. The van der Waals surface area contributed by atoms with Crippen molar-refractivity contribution in [2.24, 2.45) is 0 Å². The SMILES string of the molecule is CC1(C)CN(C2CCCC2)C(C)(C)C(=O)N1. The summed E-state index contributed by atoms with van der Waals surface area (Å²) in [6.07, 6.45) is 5.15. The van der Waals surface area contributed by atoms with E-state index in [-0.39, 0.29) is 17.0 Å². The van der Waals surface area contributed by atoms with Gasteiger partial charge in [-0.2, -0.15) is 0 Å². The molecule has 0 aromatic carbocycles. The molecule has 0 bridgehead atoms. The van der Waals surface area contributed by atoms with Gasteiger partial charge in [0.1, 0.15) is 0 Å². The van der Waals surface area contributed by atoms with Crippen LogP contribution in [0.15, 0.2) is 0 Å². The zero-order valence-corrected chi connectivity index (χ0v) is 11.0. The van der Waals surface area contributed by atoms with Crippen LogP contribution in [0.1, 0.15) is 53.4 Å². The third kappa shape index (κ3) is 1.97. The van der Waals surface area contributed by atoms with Crippen LogP contribution < -0.4 is 5.32 Å². The van der Waals surface area contributed by atoms with E-state index in [1.165, 1.54) is 25.7 Å². The predicted molar refractivity (Wildman–Crippen MR) is 65.3 cm³/mol. The number of nitrogens with one attached hydrogen (secondary N) is 1. The summed E-state index contributed by atoms with van der Waals surface area (Å²) in [7, 11) is 0. The van der Waals surface area contributed by atoms with Gasteiger partial charge in [0, 0.05) is 18.1 Å². The first kappa shape index (κ1) is 11.9. The molecule has 0 radical (unpaired) electrons. The molecule has 0 unspecified atom stereocenters. The van der Waals surface area contributed by atoms with Gasteiger partial charge in [0.2, 0.25) is 5.91 Å². The van der Waals surface area contributed by atoms with Crippen molar-refractivity contribution in [1.29, 1.82) is 0 Å². The molecule has 1 heterocycles. The molecule has 1 aliphatic carbocycles. The van der Waals surface area contributed by atoms with Crippen LogP contribution in [0.2, 0.25) is 0 Å². The average Bonchev–Trinajstić information content (AvgIpc) is 2.63. The number of hydrogen-bond donors (Lipinski definition) is 1. The van der Waals surface area contributed by atoms with Gasteiger partial charge in [0.15, 0.2) is 0 Å². The number of amides is 1. The number of nitrogens with zero attached hydrogens (tertiary/aromatic N) is 1. The molecule has 0 aromatic heterocycles. The van der Waals surface area contributed by atoms with Crippen LogP contribution in [0.3, 0.4) is 0 Å². The Hall–Kier alpha value is -0.570. The van der Waals surface area contributed by atoms with Crippen molar-refractivity contribution in [3.63, 3.8) is 0 Å². The Morgan fingerprint density at radius 2 is 1.75 bits per heavy atom. The van der Waals surface area contributed by atoms with Crippen LogP contribution in [0.4, 0.5) is 0 Å². The highest BCUT2D eigenvalue weighted by atomic mass is 16.2. The van der Waals surface area contributed by atoms with E-state index in [4.69, 9.17) is 0 Å². The number of carbonyl (C=O) groups excluding carboxylic acids is 1. The van der Waals surface area contributed by atoms with Crippen molar-refractivity contribution in [2.75, 3.05) is 6.54 Å². The summed E-state index contributed by atoms with van der Waals surface area (Å²) in [5.74, 6) is 0.177. The standard InChI is InChI=1S/C13H24N2O/c1-12(2)9-15(10-7-5-6-8-10)13(3,4)11(16)14-12/h10H,5-9H2,1-4H3,(H,14,16). The van der Waals surface area contributed by atoms with Crippen molar-refractivity contribution < 1.29 is 4.79 Å². The topological polar surface area (TPSA) is 32.3 Å². The molecule has 2 aliphatic rings. The highest BCUT2D eigenvalue weighted by Gasteiger charge is 2.47. The zero-order valence-electron chi connectivity index (χ0n) is 11.0. The van der Waals surface area contributed by atoms with Gasteiger partial charge in [-0.25, -0.2) is 0 Å². The van der Waals surface area contributed by atoms with Crippen molar-refractivity contribution in [3.05, 3.63) is 0 Å².